The van der Waals surface area contributed by atoms with Gasteiger partial charge in [0, 0.05) is 16.5 Å². The summed E-state index contributed by atoms with van der Waals surface area (Å²) in [4.78, 5) is 0.353. The molecule has 0 radical (unpaired) electrons. The van der Waals surface area contributed by atoms with E-state index in [9.17, 15) is 8.42 Å². The Hall–Kier alpha value is -3.37. The van der Waals surface area contributed by atoms with Crippen molar-refractivity contribution in [1.29, 1.82) is 0 Å². The second kappa shape index (κ2) is 6.90. The number of sulfone groups is 1. The number of fused-ring (bicyclic) bond motifs is 3. The van der Waals surface area contributed by atoms with Crippen LogP contribution in [-0.4, -0.2) is 13.0 Å². The van der Waals surface area contributed by atoms with Gasteiger partial charge in [0.2, 0.25) is 0 Å². The van der Waals surface area contributed by atoms with Crippen molar-refractivity contribution in [3.05, 3.63) is 109 Å². The quantitative estimate of drug-likeness (QED) is 0.387. The first-order chi connectivity index (χ1) is 14.1. The molecule has 4 aromatic carbocycles. The summed E-state index contributed by atoms with van der Waals surface area (Å²) in [5, 5.41) is 2.41. The molecule has 0 N–H and O–H groups in total. The fourth-order valence-electron chi connectivity index (χ4n) is 3.87. The number of hydrogen-bond acceptors (Lipinski definition) is 2. The summed E-state index contributed by atoms with van der Waals surface area (Å²) < 4.78 is 27.5. The van der Waals surface area contributed by atoms with Crippen LogP contribution in [0.2, 0.25) is 0 Å². The van der Waals surface area contributed by atoms with Crippen molar-refractivity contribution >= 4 is 31.6 Å². The molecule has 3 nitrogen and oxygen atoms in total. The topological polar surface area (TPSA) is 39.1 Å². The van der Waals surface area contributed by atoms with Crippen molar-refractivity contribution < 1.29 is 8.42 Å². The number of benzene rings is 4. The summed E-state index contributed by atoms with van der Waals surface area (Å²) >= 11 is 0. The van der Waals surface area contributed by atoms with Crippen molar-refractivity contribution in [3.8, 4) is 5.69 Å². The van der Waals surface area contributed by atoms with Crippen LogP contribution >= 0.6 is 0 Å². The second-order valence-electron chi connectivity index (χ2n) is 7.11. The molecular formula is C25H19NO2S. The predicted octanol–water partition coefficient (Wildman–Crippen LogP) is 5.76. The Morgan fingerprint density at radius 2 is 1.10 bits per heavy atom. The van der Waals surface area contributed by atoms with Gasteiger partial charge in [0.1, 0.15) is 0 Å². The van der Waals surface area contributed by atoms with Gasteiger partial charge in [-0.15, -0.1) is 0 Å². The van der Waals surface area contributed by atoms with E-state index < -0.39 is 9.84 Å². The fraction of sp³-hybridized carbons (Fsp3) is 0.0400. The molecule has 0 aliphatic carbocycles. The largest absolute Gasteiger partial charge is 0.309 e. The van der Waals surface area contributed by atoms with Crippen LogP contribution in [0.5, 0.6) is 0 Å². The zero-order valence-corrected chi connectivity index (χ0v) is 16.5. The molecule has 5 rings (SSSR count). The minimum Gasteiger partial charge on any atom is -0.309 e. The van der Waals surface area contributed by atoms with Gasteiger partial charge in [0.05, 0.1) is 21.7 Å². The smallest absolute Gasteiger partial charge is 0.182 e. The first-order valence-corrected chi connectivity index (χ1v) is 11.1. The maximum absolute atomic E-state index is 12.7. The maximum Gasteiger partial charge on any atom is 0.182 e. The summed E-state index contributed by atoms with van der Waals surface area (Å²) in [5.41, 5.74) is 4.07. The number of aromatic nitrogens is 1. The lowest BCUT2D eigenvalue weighted by molar-refractivity contribution is 0.595. The fourth-order valence-corrected chi connectivity index (χ4v) is 5.24. The Balaban J connectivity index is 1.56. The van der Waals surface area contributed by atoms with E-state index in [1.165, 1.54) is 10.8 Å². The molecule has 0 fully saturated rings. The lowest BCUT2D eigenvalue weighted by Crippen LogP contribution is -2.05. The van der Waals surface area contributed by atoms with E-state index in [0.29, 0.717) is 4.90 Å². The number of nitrogens with zero attached hydrogens (tertiary/aromatic N) is 1. The molecule has 29 heavy (non-hydrogen) atoms. The van der Waals surface area contributed by atoms with Crippen LogP contribution in [0.1, 0.15) is 5.56 Å². The molecule has 4 heteroatoms. The van der Waals surface area contributed by atoms with Crippen LogP contribution in [0, 0.1) is 0 Å². The van der Waals surface area contributed by atoms with Gasteiger partial charge in [-0.1, -0.05) is 66.7 Å². The molecule has 0 saturated heterocycles. The standard InChI is InChI=1S/C25H19NO2S/c27-29(28,21-8-2-1-3-9-21)18-19-14-16-20(17-15-19)26-24-12-6-4-10-22(24)23-11-5-7-13-25(23)26/h1-17H,18H2. The highest BCUT2D eigenvalue weighted by molar-refractivity contribution is 7.90. The SMILES string of the molecule is O=S(=O)(Cc1ccc(-n2c3ccccc3c3ccccc32)cc1)c1ccccc1. The van der Waals surface area contributed by atoms with E-state index in [0.717, 1.165) is 22.3 Å². The summed E-state index contributed by atoms with van der Waals surface area (Å²) in [6, 6.07) is 33.1. The molecule has 0 aliphatic rings. The van der Waals surface area contributed by atoms with Crippen LogP contribution in [-0.2, 0) is 15.6 Å². The zero-order chi connectivity index (χ0) is 19.8. The Morgan fingerprint density at radius 3 is 1.69 bits per heavy atom. The van der Waals surface area contributed by atoms with Crippen molar-refractivity contribution in [2.45, 2.75) is 10.6 Å². The average molecular weight is 397 g/mol. The van der Waals surface area contributed by atoms with Gasteiger partial charge in [0.25, 0.3) is 0 Å². The molecule has 0 amide bonds. The molecule has 0 saturated carbocycles. The monoisotopic (exact) mass is 397 g/mol. The van der Waals surface area contributed by atoms with Crippen LogP contribution < -0.4 is 0 Å². The summed E-state index contributed by atoms with van der Waals surface area (Å²) in [6.07, 6.45) is 0. The van der Waals surface area contributed by atoms with E-state index in [1.54, 1.807) is 24.3 Å². The number of rotatable bonds is 4. The first kappa shape index (κ1) is 17.7. The Kier molecular flexibility index (Phi) is 4.22. The van der Waals surface area contributed by atoms with Crippen molar-refractivity contribution in [3.63, 3.8) is 0 Å². The summed E-state index contributed by atoms with van der Waals surface area (Å²) in [6.45, 7) is 0. The van der Waals surface area contributed by atoms with Crippen LogP contribution in [0.15, 0.2) is 108 Å². The van der Waals surface area contributed by atoms with E-state index >= 15 is 0 Å². The third-order valence-electron chi connectivity index (χ3n) is 5.23. The summed E-state index contributed by atoms with van der Waals surface area (Å²) in [7, 11) is -3.36. The van der Waals surface area contributed by atoms with Crippen molar-refractivity contribution in [1.82, 2.24) is 4.57 Å². The molecule has 142 valence electrons. The molecular weight excluding hydrogens is 378 g/mol. The van der Waals surface area contributed by atoms with Gasteiger partial charge >= 0.3 is 0 Å². The predicted molar refractivity (Wildman–Crippen MR) is 118 cm³/mol. The molecule has 1 heterocycles. The van der Waals surface area contributed by atoms with Gasteiger partial charge in [-0.25, -0.2) is 8.42 Å². The average Bonchev–Trinajstić information content (AvgIpc) is 3.09. The summed E-state index contributed by atoms with van der Waals surface area (Å²) in [5.74, 6) is -0.00946. The molecule has 0 aliphatic heterocycles. The molecule has 0 unspecified atom stereocenters. The van der Waals surface area contributed by atoms with Gasteiger partial charge in [-0.2, -0.15) is 0 Å². The molecule has 0 atom stereocenters. The van der Waals surface area contributed by atoms with E-state index in [2.05, 4.69) is 41.0 Å². The Labute approximate surface area is 169 Å². The molecule has 0 spiro atoms. The van der Waals surface area contributed by atoms with Crippen LogP contribution in [0.3, 0.4) is 0 Å². The Morgan fingerprint density at radius 1 is 0.586 bits per heavy atom. The number of para-hydroxylation sites is 2. The second-order valence-corrected chi connectivity index (χ2v) is 9.10. The highest BCUT2D eigenvalue weighted by atomic mass is 32.2. The van der Waals surface area contributed by atoms with Gasteiger partial charge in [-0.05, 0) is 42.0 Å². The molecule has 1 aromatic heterocycles. The lowest BCUT2D eigenvalue weighted by Gasteiger charge is -2.09. The maximum atomic E-state index is 12.7. The van der Waals surface area contributed by atoms with Crippen LogP contribution in [0.4, 0.5) is 0 Å². The first-order valence-electron chi connectivity index (χ1n) is 9.49. The van der Waals surface area contributed by atoms with Gasteiger partial charge in [-0.3, -0.25) is 0 Å². The lowest BCUT2D eigenvalue weighted by atomic mass is 10.2. The Bertz CT molecular complexity index is 1360. The van der Waals surface area contributed by atoms with Gasteiger partial charge < -0.3 is 4.57 Å². The molecule has 5 aromatic rings. The number of hydrogen-bond donors (Lipinski definition) is 0. The minimum atomic E-state index is -3.36. The minimum absolute atomic E-state index is 0.00946. The molecule has 0 bridgehead atoms. The van der Waals surface area contributed by atoms with E-state index in [4.69, 9.17) is 0 Å². The van der Waals surface area contributed by atoms with Gasteiger partial charge in [0.15, 0.2) is 9.84 Å². The highest BCUT2D eigenvalue weighted by Crippen LogP contribution is 2.31. The highest BCUT2D eigenvalue weighted by Gasteiger charge is 2.15. The normalized spacial score (nSPS) is 11.9. The van der Waals surface area contributed by atoms with Crippen molar-refractivity contribution in [2.24, 2.45) is 0 Å². The van der Waals surface area contributed by atoms with Crippen LogP contribution in [0.25, 0.3) is 27.5 Å². The van der Waals surface area contributed by atoms with E-state index in [-0.39, 0.29) is 5.75 Å². The van der Waals surface area contributed by atoms with E-state index in [1.807, 2.05) is 42.5 Å². The zero-order valence-electron chi connectivity index (χ0n) is 15.7. The third kappa shape index (κ3) is 3.12. The van der Waals surface area contributed by atoms with Crippen molar-refractivity contribution in [2.75, 3.05) is 0 Å². The third-order valence-corrected chi connectivity index (χ3v) is 6.94.